The first kappa shape index (κ1) is 10.5. The van der Waals surface area contributed by atoms with Crippen LogP contribution in [0.2, 0.25) is 0 Å². The maximum Gasteiger partial charge on any atom is 0.123 e. The van der Waals surface area contributed by atoms with Crippen LogP contribution in [0.5, 0.6) is 5.75 Å². The van der Waals surface area contributed by atoms with E-state index in [0.717, 1.165) is 17.7 Å². The number of aliphatic hydroxyl groups is 1. The highest BCUT2D eigenvalue weighted by molar-refractivity contribution is 5.43. The van der Waals surface area contributed by atoms with E-state index < -0.39 is 5.60 Å². The first-order chi connectivity index (χ1) is 6.78. The van der Waals surface area contributed by atoms with Gasteiger partial charge < -0.3 is 9.84 Å². The van der Waals surface area contributed by atoms with E-state index >= 15 is 0 Å². The van der Waals surface area contributed by atoms with Crippen molar-refractivity contribution in [3.63, 3.8) is 0 Å². The molecule has 1 aromatic carbocycles. The second-order valence-electron chi connectivity index (χ2n) is 5.42. The van der Waals surface area contributed by atoms with Crippen molar-refractivity contribution in [1.82, 2.24) is 0 Å². The Kier molecular flexibility index (Phi) is 2.09. The quantitative estimate of drug-likeness (QED) is 0.765. The monoisotopic (exact) mass is 206 g/mol. The molecule has 2 rings (SSSR count). The van der Waals surface area contributed by atoms with Gasteiger partial charge in [0.05, 0.1) is 5.60 Å². The molecule has 0 unspecified atom stereocenters. The van der Waals surface area contributed by atoms with Crippen molar-refractivity contribution in [3.05, 3.63) is 29.3 Å². The molecule has 1 aliphatic heterocycles. The molecule has 1 heterocycles. The minimum atomic E-state index is -0.800. The van der Waals surface area contributed by atoms with Gasteiger partial charge in [-0.2, -0.15) is 0 Å². The molecule has 1 aliphatic rings. The third kappa shape index (κ3) is 2.00. The fraction of sp³-hybridized carbons (Fsp3) is 0.538. The fourth-order valence-electron chi connectivity index (χ4n) is 1.97. The first-order valence-electron chi connectivity index (χ1n) is 5.33. The van der Waals surface area contributed by atoms with Crippen LogP contribution in [-0.4, -0.2) is 10.7 Å². The molecule has 0 amide bonds. The predicted octanol–water partition coefficient (Wildman–Crippen LogP) is 2.63. The highest BCUT2D eigenvalue weighted by atomic mass is 16.5. The van der Waals surface area contributed by atoms with Crippen LogP contribution in [0.25, 0.3) is 0 Å². The lowest BCUT2D eigenvalue weighted by atomic mass is 9.95. The molecule has 0 fully saturated rings. The molecule has 0 aromatic heterocycles. The second kappa shape index (κ2) is 2.99. The van der Waals surface area contributed by atoms with Crippen molar-refractivity contribution < 1.29 is 9.84 Å². The number of hydrogen-bond donors (Lipinski definition) is 1. The molecular weight excluding hydrogens is 188 g/mol. The number of rotatable bonds is 1. The van der Waals surface area contributed by atoms with Gasteiger partial charge in [-0.25, -0.2) is 0 Å². The highest BCUT2D eigenvalue weighted by Gasteiger charge is 2.31. The number of benzene rings is 1. The van der Waals surface area contributed by atoms with Gasteiger partial charge in [0.15, 0.2) is 0 Å². The fourth-order valence-corrected chi connectivity index (χ4v) is 1.97. The first-order valence-corrected chi connectivity index (χ1v) is 5.33. The number of hydrogen-bond acceptors (Lipinski definition) is 2. The molecule has 0 aliphatic carbocycles. The van der Waals surface area contributed by atoms with Crippen LogP contribution in [0, 0.1) is 0 Å². The van der Waals surface area contributed by atoms with Gasteiger partial charge in [-0.3, -0.25) is 0 Å². The average Bonchev–Trinajstić information content (AvgIpc) is 2.34. The molecule has 15 heavy (non-hydrogen) atoms. The Morgan fingerprint density at radius 3 is 2.60 bits per heavy atom. The summed E-state index contributed by atoms with van der Waals surface area (Å²) in [6.07, 6.45) is 0.939. The van der Waals surface area contributed by atoms with Gasteiger partial charge in [0.25, 0.3) is 0 Å². The van der Waals surface area contributed by atoms with Gasteiger partial charge in [0.2, 0.25) is 0 Å². The Labute approximate surface area is 90.9 Å². The Hall–Kier alpha value is -1.02. The SMILES string of the molecule is CC1(C)Cc2ccc(C(C)(C)O)cc2O1. The summed E-state index contributed by atoms with van der Waals surface area (Å²) in [7, 11) is 0. The molecule has 82 valence electrons. The van der Waals surface area contributed by atoms with Crippen molar-refractivity contribution in [2.24, 2.45) is 0 Å². The lowest BCUT2D eigenvalue weighted by molar-refractivity contribution is 0.0777. The second-order valence-corrected chi connectivity index (χ2v) is 5.42. The predicted molar refractivity (Wildman–Crippen MR) is 60.1 cm³/mol. The van der Waals surface area contributed by atoms with Gasteiger partial charge in [-0.15, -0.1) is 0 Å². The van der Waals surface area contributed by atoms with Gasteiger partial charge in [0, 0.05) is 6.42 Å². The van der Waals surface area contributed by atoms with Crippen LogP contribution in [0.4, 0.5) is 0 Å². The summed E-state index contributed by atoms with van der Waals surface area (Å²) in [5.74, 6) is 0.916. The summed E-state index contributed by atoms with van der Waals surface area (Å²) in [6.45, 7) is 7.73. The van der Waals surface area contributed by atoms with Gasteiger partial charge >= 0.3 is 0 Å². The zero-order valence-corrected chi connectivity index (χ0v) is 9.79. The lowest BCUT2D eigenvalue weighted by Crippen LogP contribution is -2.24. The van der Waals surface area contributed by atoms with E-state index in [1.165, 1.54) is 5.56 Å². The zero-order valence-electron chi connectivity index (χ0n) is 9.79. The van der Waals surface area contributed by atoms with Crippen LogP contribution >= 0.6 is 0 Å². The molecule has 0 spiro atoms. The van der Waals surface area contributed by atoms with Crippen molar-refractivity contribution in [3.8, 4) is 5.75 Å². The molecule has 2 heteroatoms. The molecule has 1 aromatic rings. The highest BCUT2D eigenvalue weighted by Crippen LogP contribution is 2.37. The van der Waals surface area contributed by atoms with Crippen molar-refractivity contribution in [1.29, 1.82) is 0 Å². The van der Waals surface area contributed by atoms with E-state index in [1.54, 1.807) is 13.8 Å². The molecule has 0 radical (unpaired) electrons. The maximum absolute atomic E-state index is 9.89. The maximum atomic E-state index is 9.89. The molecule has 1 N–H and O–H groups in total. The summed E-state index contributed by atoms with van der Waals surface area (Å²) in [5, 5.41) is 9.89. The third-order valence-corrected chi connectivity index (χ3v) is 2.78. The summed E-state index contributed by atoms with van der Waals surface area (Å²) in [4.78, 5) is 0. The third-order valence-electron chi connectivity index (χ3n) is 2.78. The summed E-state index contributed by atoms with van der Waals surface area (Å²) in [5.41, 5.74) is 1.22. The largest absolute Gasteiger partial charge is 0.487 e. The molecule has 0 saturated carbocycles. The van der Waals surface area contributed by atoms with Crippen LogP contribution in [0.3, 0.4) is 0 Å². The zero-order chi connectivity index (χ0) is 11.3. The van der Waals surface area contributed by atoms with E-state index in [2.05, 4.69) is 19.9 Å². The van der Waals surface area contributed by atoms with Crippen LogP contribution in [-0.2, 0) is 12.0 Å². The standard InChI is InChI=1S/C13H18O2/c1-12(2)8-9-5-6-10(13(3,4)14)7-11(9)15-12/h5-7,14H,8H2,1-4H3. The van der Waals surface area contributed by atoms with Crippen LogP contribution < -0.4 is 4.74 Å². The molecular formula is C13H18O2. The van der Waals surface area contributed by atoms with Crippen LogP contribution in [0.15, 0.2) is 18.2 Å². The van der Waals surface area contributed by atoms with E-state index in [4.69, 9.17) is 4.74 Å². The summed E-state index contributed by atoms with van der Waals surface area (Å²) < 4.78 is 5.82. The van der Waals surface area contributed by atoms with Gasteiger partial charge in [0.1, 0.15) is 11.4 Å². The van der Waals surface area contributed by atoms with Crippen molar-refractivity contribution in [2.75, 3.05) is 0 Å². The van der Waals surface area contributed by atoms with Crippen molar-refractivity contribution in [2.45, 2.75) is 45.3 Å². The van der Waals surface area contributed by atoms with Crippen molar-refractivity contribution >= 4 is 0 Å². The molecule has 0 bridgehead atoms. The average molecular weight is 206 g/mol. The van der Waals surface area contributed by atoms with Crippen LogP contribution in [0.1, 0.15) is 38.8 Å². The number of fused-ring (bicyclic) bond motifs is 1. The van der Waals surface area contributed by atoms with E-state index in [-0.39, 0.29) is 5.60 Å². The van der Waals surface area contributed by atoms with E-state index in [9.17, 15) is 5.11 Å². The van der Waals surface area contributed by atoms with E-state index in [0.29, 0.717) is 0 Å². The molecule has 0 atom stereocenters. The summed E-state index contributed by atoms with van der Waals surface area (Å²) in [6, 6.07) is 5.98. The number of ether oxygens (including phenoxy) is 1. The molecule has 2 nitrogen and oxygen atoms in total. The van der Waals surface area contributed by atoms with E-state index in [1.807, 2.05) is 12.1 Å². The minimum absolute atomic E-state index is 0.111. The Balaban J connectivity index is 2.39. The summed E-state index contributed by atoms with van der Waals surface area (Å²) >= 11 is 0. The topological polar surface area (TPSA) is 29.5 Å². The molecule has 0 saturated heterocycles. The Morgan fingerprint density at radius 2 is 2.00 bits per heavy atom. The normalized spacial score (nSPS) is 18.5. The lowest BCUT2D eigenvalue weighted by Gasteiger charge is -2.19. The smallest absolute Gasteiger partial charge is 0.123 e. The van der Waals surface area contributed by atoms with Gasteiger partial charge in [-0.05, 0) is 44.9 Å². The Bertz CT molecular complexity index is 386. The minimum Gasteiger partial charge on any atom is -0.487 e. The van der Waals surface area contributed by atoms with Gasteiger partial charge in [-0.1, -0.05) is 12.1 Å². The Morgan fingerprint density at radius 1 is 1.33 bits per heavy atom.